The van der Waals surface area contributed by atoms with Gasteiger partial charge in [-0.15, -0.1) is 0 Å². The highest BCUT2D eigenvalue weighted by atomic mass is 32.2. The molecule has 0 unspecified atom stereocenters. The van der Waals surface area contributed by atoms with Crippen LogP contribution < -0.4 is 4.06 Å². The average molecular weight is 213 g/mol. The summed E-state index contributed by atoms with van der Waals surface area (Å²) >= 11 is 2.70. The Hall–Kier alpha value is -0.610. The first-order chi connectivity index (χ1) is 6.29. The van der Waals surface area contributed by atoms with Gasteiger partial charge in [-0.1, -0.05) is 36.0 Å². The molecule has 2 nitrogen and oxygen atoms in total. The first-order valence-corrected chi connectivity index (χ1v) is 6.02. The van der Waals surface area contributed by atoms with E-state index in [0.717, 1.165) is 15.9 Å². The van der Waals surface area contributed by atoms with Crippen LogP contribution in [0.15, 0.2) is 17.2 Å². The Labute approximate surface area is 84.4 Å². The number of aryl methyl sites for hydroxylation is 1. The van der Waals surface area contributed by atoms with Gasteiger partial charge < -0.3 is 4.57 Å². The summed E-state index contributed by atoms with van der Waals surface area (Å²) < 4.78 is 4.64. The first-order valence-electron chi connectivity index (χ1n) is 4.39. The third kappa shape index (κ3) is 1.84. The van der Waals surface area contributed by atoms with Crippen molar-refractivity contribution >= 4 is 32.1 Å². The van der Waals surface area contributed by atoms with Crippen molar-refractivity contribution in [2.24, 2.45) is 0 Å². The van der Waals surface area contributed by atoms with Crippen LogP contribution in [-0.2, 0) is 6.54 Å². The number of fused-ring (bicyclic) bond motifs is 1. The monoisotopic (exact) mass is 213 g/mol. The van der Waals surface area contributed by atoms with E-state index in [-0.39, 0.29) is 4.06 Å². The Balaban J connectivity index is 2.29. The minimum atomic E-state index is 0.202. The summed E-state index contributed by atoms with van der Waals surface area (Å²) in [6, 6.07) is 0. The molecule has 0 saturated carbocycles. The van der Waals surface area contributed by atoms with E-state index in [1.807, 2.05) is 0 Å². The lowest BCUT2D eigenvalue weighted by Crippen LogP contribution is -1.92. The smallest absolute Gasteiger partial charge is 0.288 e. The molecule has 0 saturated heterocycles. The van der Waals surface area contributed by atoms with Crippen molar-refractivity contribution in [2.45, 2.75) is 26.3 Å². The maximum atomic E-state index is 11.0. The van der Waals surface area contributed by atoms with Gasteiger partial charge in [-0.25, -0.2) is 0 Å². The fraction of sp³-hybridized carbons (Fsp3) is 0.444. The van der Waals surface area contributed by atoms with E-state index >= 15 is 0 Å². The molecular formula is C9H11NOS2. The van der Waals surface area contributed by atoms with Gasteiger partial charge in [0.15, 0.2) is 0 Å². The minimum Gasteiger partial charge on any atom is -0.351 e. The van der Waals surface area contributed by atoms with Gasteiger partial charge in [0.1, 0.15) is 0 Å². The predicted molar refractivity (Wildman–Crippen MR) is 58.9 cm³/mol. The molecule has 0 amide bonds. The van der Waals surface area contributed by atoms with Crippen molar-refractivity contribution in [3.8, 4) is 0 Å². The zero-order valence-corrected chi connectivity index (χ0v) is 9.08. The van der Waals surface area contributed by atoms with Crippen LogP contribution in [0.3, 0.4) is 0 Å². The molecule has 70 valence electrons. The van der Waals surface area contributed by atoms with Crippen LogP contribution in [0.25, 0.3) is 9.40 Å². The largest absolute Gasteiger partial charge is 0.351 e. The fourth-order valence-electron chi connectivity index (χ4n) is 1.29. The lowest BCUT2D eigenvalue weighted by molar-refractivity contribution is 0.637. The van der Waals surface area contributed by atoms with Crippen LogP contribution >= 0.6 is 22.7 Å². The van der Waals surface area contributed by atoms with E-state index in [9.17, 15) is 4.79 Å². The molecule has 0 aliphatic heterocycles. The minimum absolute atomic E-state index is 0.202. The van der Waals surface area contributed by atoms with Gasteiger partial charge in [0.2, 0.25) is 0 Å². The predicted octanol–water partition coefficient (Wildman–Crippen LogP) is 2.92. The summed E-state index contributed by atoms with van der Waals surface area (Å²) in [5.41, 5.74) is 0. The molecule has 0 fully saturated rings. The molecule has 0 aliphatic rings. The summed E-state index contributed by atoms with van der Waals surface area (Å²) in [5, 5.41) is 0. The highest BCUT2D eigenvalue weighted by Crippen LogP contribution is 2.22. The molecule has 0 aliphatic carbocycles. The van der Waals surface area contributed by atoms with Crippen LogP contribution in [0.1, 0.15) is 19.8 Å². The molecule has 2 heterocycles. The second kappa shape index (κ2) is 3.64. The number of aromatic nitrogens is 1. The highest BCUT2D eigenvalue weighted by Gasteiger charge is 2.02. The molecule has 0 radical (unpaired) electrons. The van der Waals surface area contributed by atoms with Crippen molar-refractivity contribution in [1.82, 2.24) is 4.57 Å². The quantitative estimate of drug-likeness (QED) is 0.768. The Morgan fingerprint density at radius 2 is 1.92 bits per heavy atom. The molecular weight excluding hydrogens is 202 g/mol. The van der Waals surface area contributed by atoms with Crippen LogP contribution in [0.5, 0.6) is 0 Å². The normalized spacial score (nSPS) is 11.2. The van der Waals surface area contributed by atoms with Crippen LogP contribution in [0, 0.1) is 0 Å². The molecule has 2 rings (SSSR count). The lowest BCUT2D eigenvalue weighted by Gasteiger charge is -1.98. The highest BCUT2D eigenvalue weighted by molar-refractivity contribution is 7.35. The van der Waals surface area contributed by atoms with E-state index < -0.39 is 0 Å². The molecule has 13 heavy (non-hydrogen) atoms. The molecule has 4 heteroatoms. The molecule has 0 spiro atoms. The summed E-state index contributed by atoms with van der Waals surface area (Å²) in [7, 11) is 0. The summed E-state index contributed by atoms with van der Waals surface area (Å²) in [4.78, 5) is 11.0. The van der Waals surface area contributed by atoms with Gasteiger partial charge in [0, 0.05) is 18.9 Å². The summed E-state index contributed by atoms with van der Waals surface area (Å²) in [5.74, 6) is 0. The Morgan fingerprint density at radius 1 is 1.31 bits per heavy atom. The lowest BCUT2D eigenvalue weighted by atomic mass is 10.3. The van der Waals surface area contributed by atoms with E-state index in [1.165, 1.54) is 35.5 Å². The zero-order valence-electron chi connectivity index (χ0n) is 7.45. The summed E-state index contributed by atoms with van der Waals surface area (Å²) in [6.45, 7) is 3.25. The van der Waals surface area contributed by atoms with Gasteiger partial charge in [-0.05, 0) is 6.42 Å². The third-order valence-corrected chi connectivity index (χ3v) is 4.02. The molecule has 0 aromatic carbocycles. The maximum absolute atomic E-state index is 11.0. The number of hydrogen-bond donors (Lipinski definition) is 0. The fourth-order valence-corrected chi connectivity index (χ4v) is 3.29. The molecule has 0 bridgehead atoms. The average Bonchev–Trinajstić information content (AvgIpc) is 2.57. The van der Waals surface area contributed by atoms with E-state index in [4.69, 9.17) is 0 Å². The second-order valence-corrected chi connectivity index (χ2v) is 5.32. The van der Waals surface area contributed by atoms with Crippen LogP contribution in [0.4, 0.5) is 0 Å². The second-order valence-electron chi connectivity index (χ2n) is 3.03. The van der Waals surface area contributed by atoms with Crippen molar-refractivity contribution in [2.75, 3.05) is 0 Å². The molecule has 0 atom stereocenters. The number of hydrogen-bond acceptors (Lipinski definition) is 3. The topological polar surface area (TPSA) is 22.0 Å². The zero-order chi connectivity index (χ0) is 9.26. The molecule has 2 aromatic heterocycles. The van der Waals surface area contributed by atoms with Gasteiger partial charge in [0.05, 0.1) is 9.40 Å². The number of nitrogens with zero attached hydrogens (tertiary/aromatic N) is 1. The first kappa shape index (κ1) is 8.97. The number of rotatable bonds is 3. The Morgan fingerprint density at radius 3 is 2.46 bits per heavy atom. The van der Waals surface area contributed by atoms with Gasteiger partial charge >= 0.3 is 0 Å². The van der Waals surface area contributed by atoms with Gasteiger partial charge in [-0.3, -0.25) is 4.79 Å². The van der Waals surface area contributed by atoms with Gasteiger partial charge in [-0.2, -0.15) is 0 Å². The molecule has 2 aromatic rings. The third-order valence-electron chi connectivity index (χ3n) is 1.97. The van der Waals surface area contributed by atoms with Gasteiger partial charge in [0.25, 0.3) is 4.06 Å². The van der Waals surface area contributed by atoms with E-state index in [1.54, 1.807) is 0 Å². The Bertz CT molecular complexity index is 417. The van der Waals surface area contributed by atoms with Crippen LogP contribution in [0.2, 0.25) is 0 Å². The number of unbranched alkanes of at least 4 members (excludes halogenated alkanes) is 1. The maximum Gasteiger partial charge on any atom is 0.288 e. The molecule has 0 N–H and O–H groups in total. The standard InChI is InChI=1S/C9H11NOS2/c1-2-3-4-10-5-7-8(6-10)13-9(11)12-7/h5-6H,2-4H2,1H3. The van der Waals surface area contributed by atoms with Crippen molar-refractivity contribution in [1.29, 1.82) is 0 Å². The van der Waals surface area contributed by atoms with Crippen molar-refractivity contribution in [3.05, 3.63) is 21.2 Å². The summed E-state index contributed by atoms with van der Waals surface area (Å²) in [6.07, 6.45) is 6.57. The van der Waals surface area contributed by atoms with E-state index in [0.29, 0.717) is 0 Å². The van der Waals surface area contributed by atoms with Crippen molar-refractivity contribution in [3.63, 3.8) is 0 Å². The van der Waals surface area contributed by atoms with Crippen LogP contribution in [-0.4, -0.2) is 4.57 Å². The van der Waals surface area contributed by atoms with Crippen molar-refractivity contribution < 1.29 is 0 Å². The van der Waals surface area contributed by atoms with E-state index in [2.05, 4.69) is 23.9 Å². The SMILES string of the molecule is CCCCn1cc2sc(=O)sc2c1. The Kier molecular flexibility index (Phi) is 2.51.